The number of hydrogen-bond donors (Lipinski definition) is 4. The van der Waals surface area contributed by atoms with Crippen LogP contribution in [0.1, 0.15) is 13.8 Å². The molecule has 0 aliphatic carbocycles. The lowest BCUT2D eigenvalue weighted by Gasteiger charge is -2.29. The minimum absolute atomic E-state index is 0.243. The zero-order chi connectivity index (χ0) is 14.3. The largest absolute Gasteiger partial charge is 0.457 e. The van der Waals surface area contributed by atoms with Crippen LogP contribution >= 0.6 is 0 Å². The molecule has 0 aromatic carbocycles. The quantitative estimate of drug-likeness (QED) is 0.291. The second kappa shape index (κ2) is 7.75. The first-order valence-electron chi connectivity index (χ1n) is 5.20. The van der Waals surface area contributed by atoms with Crippen LogP contribution in [0.2, 0.25) is 0 Å². The fraction of sp³-hybridized carbons (Fsp3) is 0.700. The van der Waals surface area contributed by atoms with E-state index < -0.39 is 42.8 Å². The molecule has 8 heteroatoms. The van der Waals surface area contributed by atoms with Gasteiger partial charge in [-0.3, -0.25) is 9.59 Å². The van der Waals surface area contributed by atoms with E-state index in [1.807, 2.05) is 0 Å². The molecular weight excluding hydrogens is 246 g/mol. The van der Waals surface area contributed by atoms with E-state index in [2.05, 4.69) is 10.1 Å². The highest BCUT2D eigenvalue weighted by Gasteiger charge is 2.35. The number of carbonyl (C=O) groups excluding carboxylic acids is 3. The number of esters is 1. The van der Waals surface area contributed by atoms with Crippen LogP contribution in [0.4, 0.5) is 0 Å². The Labute approximate surface area is 104 Å². The topological polar surface area (TPSA) is 133 Å². The van der Waals surface area contributed by atoms with Gasteiger partial charge in [0.25, 0.3) is 0 Å². The third kappa shape index (κ3) is 5.21. The molecule has 0 aliphatic heterocycles. The SMILES string of the molecule is CC(=O)N[C@@H](C=O)[C@@H](O)[C@H](OC(C)=O)[C@H](O)CO. The van der Waals surface area contributed by atoms with E-state index in [1.54, 1.807) is 0 Å². The second-order valence-corrected chi connectivity index (χ2v) is 3.68. The van der Waals surface area contributed by atoms with Gasteiger partial charge in [-0.1, -0.05) is 0 Å². The van der Waals surface area contributed by atoms with Gasteiger partial charge in [0.1, 0.15) is 24.5 Å². The molecule has 0 bridgehead atoms. The van der Waals surface area contributed by atoms with Gasteiger partial charge in [0, 0.05) is 13.8 Å². The van der Waals surface area contributed by atoms with Crippen molar-refractivity contribution >= 4 is 18.2 Å². The van der Waals surface area contributed by atoms with E-state index in [0.717, 1.165) is 13.8 Å². The highest BCUT2D eigenvalue weighted by molar-refractivity contribution is 5.77. The summed E-state index contributed by atoms with van der Waals surface area (Å²) in [6, 6.07) is -1.35. The molecule has 0 heterocycles. The van der Waals surface area contributed by atoms with Crippen LogP contribution in [0.5, 0.6) is 0 Å². The molecule has 0 aromatic rings. The number of aliphatic hydroxyl groups is 3. The molecule has 0 saturated carbocycles. The molecule has 0 rings (SSSR count). The molecular formula is C10H17NO7. The van der Waals surface area contributed by atoms with Crippen molar-refractivity contribution in [3.8, 4) is 0 Å². The zero-order valence-corrected chi connectivity index (χ0v) is 10.1. The molecule has 0 aliphatic rings. The van der Waals surface area contributed by atoms with E-state index in [1.165, 1.54) is 0 Å². The standard InChI is InChI=1S/C10H17NO7/c1-5(14)11-7(3-12)9(17)10(8(16)4-13)18-6(2)15/h3,7-10,13,16-17H,4H2,1-2H3,(H,11,14)/t7-,8+,9+,10+/m0/s1. The number of rotatable bonds is 7. The Hall–Kier alpha value is -1.51. The van der Waals surface area contributed by atoms with Gasteiger partial charge >= 0.3 is 5.97 Å². The molecule has 0 saturated heterocycles. The first-order valence-corrected chi connectivity index (χ1v) is 5.20. The molecule has 4 atom stereocenters. The fourth-order valence-corrected chi connectivity index (χ4v) is 1.31. The zero-order valence-electron chi connectivity index (χ0n) is 10.1. The van der Waals surface area contributed by atoms with Gasteiger partial charge < -0.3 is 30.2 Å². The van der Waals surface area contributed by atoms with E-state index in [-0.39, 0.29) is 6.29 Å². The molecule has 104 valence electrons. The third-order valence-corrected chi connectivity index (χ3v) is 2.09. The first kappa shape index (κ1) is 16.5. The first-order chi connectivity index (χ1) is 8.33. The average molecular weight is 263 g/mol. The van der Waals surface area contributed by atoms with Crippen molar-refractivity contribution in [1.29, 1.82) is 0 Å². The van der Waals surface area contributed by atoms with Gasteiger partial charge in [-0.05, 0) is 0 Å². The Morgan fingerprint density at radius 3 is 2.22 bits per heavy atom. The van der Waals surface area contributed by atoms with Gasteiger partial charge in [0.15, 0.2) is 6.10 Å². The highest BCUT2D eigenvalue weighted by atomic mass is 16.6. The maximum Gasteiger partial charge on any atom is 0.303 e. The van der Waals surface area contributed by atoms with Crippen LogP contribution in [-0.2, 0) is 19.1 Å². The van der Waals surface area contributed by atoms with Crippen LogP contribution in [0.15, 0.2) is 0 Å². The monoisotopic (exact) mass is 263 g/mol. The predicted molar refractivity (Wildman–Crippen MR) is 58.3 cm³/mol. The molecule has 0 radical (unpaired) electrons. The summed E-state index contributed by atoms with van der Waals surface area (Å²) in [5.41, 5.74) is 0. The Morgan fingerprint density at radius 1 is 1.33 bits per heavy atom. The Balaban J connectivity index is 4.89. The number of amides is 1. The summed E-state index contributed by atoms with van der Waals surface area (Å²) >= 11 is 0. The van der Waals surface area contributed by atoms with Crippen molar-refractivity contribution in [2.75, 3.05) is 6.61 Å². The normalized spacial score (nSPS) is 17.2. The molecule has 4 N–H and O–H groups in total. The summed E-state index contributed by atoms with van der Waals surface area (Å²) in [7, 11) is 0. The van der Waals surface area contributed by atoms with Crippen molar-refractivity contribution in [3.05, 3.63) is 0 Å². The minimum atomic E-state index is -1.67. The molecule has 1 amide bonds. The van der Waals surface area contributed by atoms with Crippen molar-refractivity contribution < 1.29 is 34.4 Å². The van der Waals surface area contributed by atoms with Gasteiger partial charge in [-0.25, -0.2) is 0 Å². The molecule has 0 aromatic heterocycles. The molecule has 0 fully saturated rings. The Kier molecular flexibility index (Phi) is 7.10. The number of aldehydes is 1. The maximum atomic E-state index is 10.8. The summed E-state index contributed by atoms with van der Waals surface area (Å²) in [6.07, 6.45) is -4.51. The van der Waals surface area contributed by atoms with Crippen LogP contribution in [0, 0.1) is 0 Å². The minimum Gasteiger partial charge on any atom is -0.457 e. The molecule has 0 spiro atoms. The lowest BCUT2D eigenvalue weighted by atomic mass is 10.0. The van der Waals surface area contributed by atoms with Crippen molar-refractivity contribution in [1.82, 2.24) is 5.32 Å². The smallest absolute Gasteiger partial charge is 0.303 e. The lowest BCUT2D eigenvalue weighted by Crippen LogP contribution is -2.54. The predicted octanol–water partition coefficient (Wildman–Crippen LogP) is -2.66. The van der Waals surface area contributed by atoms with E-state index in [4.69, 9.17) is 5.11 Å². The number of aliphatic hydroxyl groups excluding tert-OH is 3. The summed E-state index contributed by atoms with van der Waals surface area (Å²) in [5, 5.41) is 30.1. The summed E-state index contributed by atoms with van der Waals surface area (Å²) in [5.74, 6) is -1.38. The van der Waals surface area contributed by atoms with Gasteiger partial charge in [0.2, 0.25) is 5.91 Å². The number of carbonyl (C=O) groups is 3. The summed E-state index contributed by atoms with van der Waals surface area (Å²) < 4.78 is 4.62. The number of ether oxygens (including phenoxy) is 1. The van der Waals surface area contributed by atoms with Crippen LogP contribution in [0.3, 0.4) is 0 Å². The third-order valence-electron chi connectivity index (χ3n) is 2.09. The van der Waals surface area contributed by atoms with Crippen LogP contribution in [0.25, 0.3) is 0 Å². The second-order valence-electron chi connectivity index (χ2n) is 3.68. The van der Waals surface area contributed by atoms with Crippen LogP contribution < -0.4 is 5.32 Å². The average Bonchev–Trinajstić information content (AvgIpc) is 2.30. The van der Waals surface area contributed by atoms with Gasteiger partial charge in [0.05, 0.1) is 6.61 Å². The van der Waals surface area contributed by atoms with Gasteiger partial charge in [-0.15, -0.1) is 0 Å². The van der Waals surface area contributed by atoms with Gasteiger partial charge in [-0.2, -0.15) is 0 Å². The fourth-order valence-electron chi connectivity index (χ4n) is 1.31. The van der Waals surface area contributed by atoms with Crippen molar-refractivity contribution in [2.45, 2.75) is 38.2 Å². The highest BCUT2D eigenvalue weighted by Crippen LogP contribution is 2.09. The number of nitrogens with one attached hydrogen (secondary N) is 1. The Bertz CT molecular complexity index is 307. The van der Waals surface area contributed by atoms with E-state index in [9.17, 15) is 24.6 Å². The maximum absolute atomic E-state index is 10.8. The summed E-state index contributed by atoms with van der Waals surface area (Å²) in [4.78, 5) is 32.3. The van der Waals surface area contributed by atoms with Crippen molar-refractivity contribution in [2.24, 2.45) is 0 Å². The lowest BCUT2D eigenvalue weighted by molar-refractivity contribution is -0.167. The molecule has 8 nitrogen and oxygen atoms in total. The van der Waals surface area contributed by atoms with E-state index >= 15 is 0 Å². The van der Waals surface area contributed by atoms with Crippen molar-refractivity contribution in [3.63, 3.8) is 0 Å². The molecule has 0 unspecified atom stereocenters. The number of hydrogen-bond acceptors (Lipinski definition) is 7. The summed E-state index contributed by atoms with van der Waals surface area (Å²) in [6.45, 7) is 1.39. The Morgan fingerprint density at radius 2 is 1.89 bits per heavy atom. The molecule has 18 heavy (non-hydrogen) atoms. The van der Waals surface area contributed by atoms with Crippen LogP contribution in [-0.4, -0.2) is 64.4 Å². The van der Waals surface area contributed by atoms with E-state index in [0.29, 0.717) is 0 Å².